The van der Waals surface area contributed by atoms with Crippen molar-refractivity contribution in [1.29, 1.82) is 10.5 Å². The van der Waals surface area contributed by atoms with Gasteiger partial charge in [0.15, 0.2) is 11.1 Å². The van der Waals surface area contributed by atoms with Gasteiger partial charge in [-0.15, -0.1) is 0 Å². The van der Waals surface area contributed by atoms with Crippen molar-refractivity contribution in [3.8, 4) is 12.1 Å². The van der Waals surface area contributed by atoms with Gasteiger partial charge in [-0.2, -0.15) is 10.5 Å². The van der Waals surface area contributed by atoms with Crippen LogP contribution in [0.5, 0.6) is 0 Å². The standard InChI is InChI=1S/C10H10N2O4/c1-3-15-9(13)7(5-11)8(6-12)10(14)16-4-2/h3-4H2,1-2H3/b8-7-. The molecule has 0 heterocycles. The highest BCUT2D eigenvalue weighted by Crippen LogP contribution is 2.07. The van der Waals surface area contributed by atoms with Gasteiger partial charge in [-0.25, -0.2) is 9.59 Å². The molecule has 84 valence electrons. The molecule has 0 rings (SSSR count). The summed E-state index contributed by atoms with van der Waals surface area (Å²) in [5.41, 5.74) is -1.27. The summed E-state index contributed by atoms with van der Waals surface area (Å²) in [4.78, 5) is 22.4. The molecule has 0 aromatic rings. The van der Waals surface area contributed by atoms with Gasteiger partial charge in [0.25, 0.3) is 0 Å². The Morgan fingerprint density at radius 3 is 1.44 bits per heavy atom. The van der Waals surface area contributed by atoms with Crippen molar-refractivity contribution in [3.05, 3.63) is 11.1 Å². The van der Waals surface area contributed by atoms with Gasteiger partial charge >= 0.3 is 11.9 Å². The van der Waals surface area contributed by atoms with Crippen LogP contribution in [0.3, 0.4) is 0 Å². The Bertz CT molecular complexity index is 360. The lowest BCUT2D eigenvalue weighted by atomic mass is 10.1. The summed E-state index contributed by atoms with van der Waals surface area (Å²) < 4.78 is 9.06. The van der Waals surface area contributed by atoms with Crippen LogP contribution in [0, 0.1) is 22.7 Å². The highest BCUT2D eigenvalue weighted by molar-refractivity contribution is 6.05. The van der Waals surface area contributed by atoms with Crippen molar-refractivity contribution in [1.82, 2.24) is 0 Å². The predicted molar refractivity (Wildman–Crippen MR) is 51.5 cm³/mol. The Labute approximate surface area is 92.7 Å². The molecule has 0 bridgehead atoms. The Morgan fingerprint density at radius 2 is 1.25 bits per heavy atom. The topological polar surface area (TPSA) is 100 Å². The van der Waals surface area contributed by atoms with Gasteiger partial charge in [-0.1, -0.05) is 0 Å². The van der Waals surface area contributed by atoms with Crippen molar-refractivity contribution in [3.63, 3.8) is 0 Å². The van der Waals surface area contributed by atoms with Crippen molar-refractivity contribution in [2.24, 2.45) is 0 Å². The van der Waals surface area contributed by atoms with E-state index in [0.29, 0.717) is 0 Å². The fourth-order valence-electron chi connectivity index (χ4n) is 0.814. The third-order valence-electron chi connectivity index (χ3n) is 1.43. The molecule has 0 aromatic heterocycles. The van der Waals surface area contributed by atoms with E-state index < -0.39 is 23.1 Å². The van der Waals surface area contributed by atoms with Gasteiger partial charge < -0.3 is 9.47 Å². The number of hydrogen-bond acceptors (Lipinski definition) is 6. The number of hydrogen-bond donors (Lipinski definition) is 0. The average Bonchev–Trinajstić information content (AvgIpc) is 2.25. The number of ether oxygens (including phenoxy) is 2. The molecular formula is C10H10N2O4. The van der Waals surface area contributed by atoms with Crippen LogP contribution in [-0.2, 0) is 19.1 Å². The molecule has 0 saturated heterocycles. The molecule has 0 N–H and O–H groups in total. The second-order valence-corrected chi connectivity index (χ2v) is 2.41. The molecule has 6 heteroatoms. The quantitative estimate of drug-likeness (QED) is 0.389. The van der Waals surface area contributed by atoms with E-state index >= 15 is 0 Å². The second kappa shape index (κ2) is 7.02. The molecule has 0 aliphatic carbocycles. The lowest BCUT2D eigenvalue weighted by molar-refractivity contribution is -0.141. The highest BCUT2D eigenvalue weighted by atomic mass is 16.5. The van der Waals surface area contributed by atoms with Gasteiger partial charge in [0, 0.05) is 0 Å². The number of carbonyl (C=O) groups is 2. The fourth-order valence-corrected chi connectivity index (χ4v) is 0.814. The number of rotatable bonds is 4. The number of nitrogens with zero attached hydrogens (tertiary/aromatic N) is 2. The zero-order valence-electron chi connectivity index (χ0n) is 8.94. The largest absolute Gasteiger partial charge is 0.462 e. The van der Waals surface area contributed by atoms with E-state index in [1.807, 2.05) is 0 Å². The van der Waals surface area contributed by atoms with Gasteiger partial charge in [-0.05, 0) is 13.8 Å². The van der Waals surface area contributed by atoms with E-state index in [1.54, 1.807) is 13.8 Å². The minimum Gasteiger partial charge on any atom is -0.462 e. The molecule has 0 aromatic carbocycles. The Balaban J connectivity index is 5.26. The average molecular weight is 222 g/mol. The lowest BCUT2D eigenvalue weighted by Crippen LogP contribution is -2.15. The van der Waals surface area contributed by atoms with E-state index in [1.165, 1.54) is 12.1 Å². The SMILES string of the molecule is CCOC(=O)/C(C#N)=C(/C#N)C(=O)OCC. The molecule has 0 atom stereocenters. The Hall–Kier alpha value is -2.34. The van der Waals surface area contributed by atoms with Crippen molar-refractivity contribution in [2.75, 3.05) is 13.2 Å². The number of nitriles is 2. The predicted octanol–water partition coefficient (Wildman–Crippen LogP) is 0.456. The van der Waals surface area contributed by atoms with E-state index in [4.69, 9.17) is 10.5 Å². The molecule has 0 saturated carbocycles. The fraction of sp³-hybridized carbons (Fsp3) is 0.400. The smallest absolute Gasteiger partial charge is 0.350 e. The first-order valence-corrected chi connectivity index (χ1v) is 4.51. The molecule has 0 unspecified atom stereocenters. The summed E-state index contributed by atoms with van der Waals surface area (Å²) in [7, 11) is 0. The molecule has 16 heavy (non-hydrogen) atoms. The van der Waals surface area contributed by atoms with Crippen LogP contribution in [0.4, 0.5) is 0 Å². The van der Waals surface area contributed by atoms with Gasteiger partial charge in [0.1, 0.15) is 12.1 Å². The van der Waals surface area contributed by atoms with Crippen LogP contribution in [0.1, 0.15) is 13.8 Å². The molecular weight excluding hydrogens is 212 g/mol. The molecule has 6 nitrogen and oxygen atoms in total. The minimum absolute atomic E-state index is 0.0472. The zero-order valence-corrected chi connectivity index (χ0v) is 8.94. The van der Waals surface area contributed by atoms with Gasteiger partial charge in [-0.3, -0.25) is 0 Å². The summed E-state index contributed by atoms with van der Waals surface area (Å²) >= 11 is 0. The Kier molecular flexibility index (Phi) is 5.99. The normalized spacial score (nSPS) is 10.5. The molecule has 0 radical (unpaired) electrons. The summed E-state index contributed by atoms with van der Waals surface area (Å²) in [6.07, 6.45) is 0. The van der Waals surface area contributed by atoms with Crippen LogP contribution >= 0.6 is 0 Å². The third kappa shape index (κ3) is 3.43. The van der Waals surface area contributed by atoms with Gasteiger partial charge in [0.2, 0.25) is 0 Å². The first kappa shape index (κ1) is 13.7. The van der Waals surface area contributed by atoms with Crippen LogP contribution in [-0.4, -0.2) is 25.2 Å². The highest BCUT2D eigenvalue weighted by Gasteiger charge is 2.23. The van der Waals surface area contributed by atoms with Crippen molar-refractivity contribution in [2.45, 2.75) is 13.8 Å². The first-order valence-electron chi connectivity index (χ1n) is 4.51. The number of carbonyl (C=O) groups excluding carboxylic acids is 2. The second-order valence-electron chi connectivity index (χ2n) is 2.41. The molecule has 0 fully saturated rings. The molecule has 0 spiro atoms. The zero-order chi connectivity index (χ0) is 12.6. The molecule has 0 aliphatic rings. The van der Waals surface area contributed by atoms with Crippen LogP contribution in [0.15, 0.2) is 11.1 Å². The summed E-state index contributed by atoms with van der Waals surface area (Å²) in [6.45, 7) is 3.18. The third-order valence-corrected chi connectivity index (χ3v) is 1.43. The molecule has 0 aliphatic heterocycles. The van der Waals surface area contributed by atoms with Crippen LogP contribution in [0.2, 0.25) is 0 Å². The summed E-state index contributed by atoms with van der Waals surface area (Å²) in [5.74, 6) is -2.01. The van der Waals surface area contributed by atoms with E-state index in [-0.39, 0.29) is 13.2 Å². The van der Waals surface area contributed by atoms with E-state index in [2.05, 4.69) is 9.47 Å². The maximum atomic E-state index is 11.2. The summed E-state index contributed by atoms with van der Waals surface area (Å²) in [6, 6.07) is 2.92. The van der Waals surface area contributed by atoms with E-state index in [0.717, 1.165) is 0 Å². The monoisotopic (exact) mass is 222 g/mol. The minimum atomic E-state index is -1.00. The van der Waals surface area contributed by atoms with Crippen molar-refractivity contribution < 1.29 is 19.1 Å². The molecule has 0 amide bonds. The lowest BCUT2D eigenvalue weighted by Gasteiger charge is -2.02. The number of esters is 2. The van der Waals surface area contributed by atoms with E-state index in [9.17, 15) is 9.59 Å². The van der Waals surface area contributed by atoms with Gasteiger partial charge in [0.05, 0.1) is 13.2 Å². The maximum Gasteiger partial charge on any atom is 0.350 e. The van der Waals surface area contributed by atoms with Crippen molar-refractivity contribution >= 4 is 11.9 Å². The van der Waals surface area contributed by atoms with Crippen LogP contribution < -0.4 is 0 Å². The Morgan fingerprint density at radius 1 is 0.938 bits per heavy atom. The maximum absolute atomic E-state index is 11.2. The van der Waals surface area contributed by atoms with Crippen LogP contribution in [0.25, 0.3) is 0 Å². The summed E-state index contributed by atoms with van der Waals surface area (Å²) in [5, 5.41) is 17.3. The first-order chi connectivity index (χ1) is 7.62.